The van der Waals surface area contributed by atoms with Crippen molar-refractivity contribution in [1.82, 2.24) is 15.5 Å². The Kier molecular flexibility index (Phi) is 7.05. The minimum atomic E-state index is -1.32. The molecule has 0 aliphatic carbocycles. The van der Waals surface area contributed by atoms with Gasteiger partial charge in [-0.25, -0.2) is 17.6 Å². The van der Waals surface area contributed by atoms with Crippen molar-refractivity contribution >= 4 is 17.6 Å². The zero-order chi connectivity index (χ0) is 26.1. The van der Waals surface area contributed by atoms with Crippen molar-refractivity contribution in [1.29, 1.82) is 0 Å². The van der Waals surface area contributed by atoms with Crippen LogP contribution in [0.15, 0.2) is 42.5 Å². The standard InChI is InChI=1S/C25H26F4N4O2/c1-13(30-23(35)25(4,5)15-8-18(28)11-19(29)9-15)22(34)31-21-12-20(32-33-21)24(2,3)14-6-16(26)10-17(27)7-14/h6-13H,1-5H3,(H,30,35)(H2,31,32,33,34). The summed E-state index contributed by atoms with van der Waals surface area (Å²) in [6, 6.07) is 6.54. The lowest BCUT2D eigenvalue weighted by atomic mass is 9.81. The van der Waals surface area contributed by atoms with Crippen molar-refractivity contribution in [2.24, 2.45) is 0 Å². The molecule has 0 bridgehead atoms. The largest absolute Gasteiger partial charge is 0.344 e. The quantitative estimate of drug-likeness (QED) is 0.419. The van der Waals surface area contributed by atoms with Gasteiger partial charge < -0.3 is 10.6 Å². The number of aromatic amines is 1. The van der Waals surface area contributed by atoms with E-state index >= 15 is 0 Å². The Morgan fingerprint density at radius 1 is 0.829 bits per heavy atom. The van der Waals surface area contributed by atoms with Crippen LogP contribution in [0.2, 0.25) is 0 Å². The fourth-order valence-electron chi connectivity index (χ4n) is 3.50. The SMILES string of the molecule is CC(NC(=O)C(C)(C)c1cc(F)cc(F)c1)C(=O)Nc1cc(C(C)(C)c2cc(F)cc(F)c2)n[nH]1. The molecule has 2 amide bonds. The third kappa shape index (κ3) is 5.70. The van der Waals surface area contributed by atoms with Gasteiger partial charge in [-0.2, -0.15) is 5.10 Å². The van der Waals surface area contributed by atoms with Crippen molar-refractivity contribution in [2.45, 2.75) is 51.5 Å². The second-order valence-corrected chi connectivity index (χ2v) is 9.42. The lowest BCUT2D eigenvalue weighted by Crippen LogP contribution is -2.48. The fraction of sp³-hybridized carbons (Fsp3) is 0.320. The summed E-state index contributed by atoms with van der Waals surface area (Å²) >= 11 is 0. The number of hydrogen-bond acceptors (Lipinski definition) is 3. The van der Waals surface area contributed by atoms with Gasteiger partial charge in [0.15, 0.2) is 0 Å². The summed E-state index contributed by atoms with van der Waals surface area (Å²) in [4.78, 5) is 25.4. The maximum atomic E-state index is 13.7. The van der Waals surface area contributed by atoms with E-state index in [1.165, 1.54) is 39.0 Å². The highest BCUT2D eigenvalue weighted by Crippen LogP contribution is 2.32. The van der Waals surface area contributed by atoms with Gasteiger partial charge in [-0.15, -0.1) is 0 Å². The van der Waals surface area contributed by atoms with E-state index in [4.69, 9.17) is 0 Å². The normalized spacial score (nSPS) is 12.8. The first kappa shape index (κ1) is 25.9. The van der Waals surface area contributed by atoms with Gasteiger partial charge in [0.2, 0.25) is 11.8 Å². The minimum Gasteiger partial charge on any atom is -0.344 e. The Morgan fingerprint density at radius 2 is 1.31 bits per heavy atom. The molecule has 35 heavy (non-hydrogen) atoms. The first-order chi connectivity index (χ1) is 16.2. The molecule has 3 aromatic rings. The van der Waals surface area contributed by atoms with Gasteiger partial charge in [0.1, 0.15) is 35.1 Å². The molecule has 1 heterocycles. The summed E-state index contributed by atoms with van der Waals surface area (Å²) < 4.78 is 54.6. The predicted octanol–water partition coefficient (Wildman–Crippen LogP) is 4.71. The van der Waals surface area contributed by atoms with Gasteiger partial charge in [-0.1, -0.05) is 13.8 Å². The molecule has 1 atom stereocenters. The molecule has 1 unspecified atom stereocenters. The van der Waals surface area contributed by atoms with E-state index in [1.807, 2.05) is 0 Å². The molecule has 3 N–H and O–H groups in total. The highest BCUT2D eigenvalue weighted by atomic mass is 19.1. The van der Waals surface area contributed by atoms with Crippen LogP contribution in [0, 0.1) is 23.3 Å². The number of aromatic nitrogens is 2. The number of nitrogens with one attached hydrogen (secondary N) is 3. The van der Waals surface area contributed by atoms with Crippen LogP contribution < -0.4 is 10.6 Å². The van der Waals surface area contributed by atoms with Crippen LogP contribution in [0.3, 0.4) is 0 Å². The van der Waals surface area contributed by atoms with Crippen LogP contribution in [0.25, 0.3) is 0 Å². The number of carbonyl (C=O) groups excluding carboxylic acids is 2. The predicted molar refractivity (Wildman–Crippen MR) is 123 cm³/mol. The number of hydrogen-bond donors (Lipinski definition) is 3. The Bertz CT molecular complexity index is 1230. The molecule has 0 aliphatic heterocycles. The molecular formula is C25H26F4N4O2. The van der Waals surface area contributed by atoms with Crippen molar-refractivity contribution in [2.75, 3.05) is 5.32 Å². The van der Waals surface area contributed by atoms with Crippen molar-refractivity contribution in [3.63, 3.8) is 0 Å². The second kappa shape index (κ2) is 9.52. The number of halogens is 4. The molecule has 1 aromatic heterocycles. The van der Waals surface area contributed by atoms with Gasteiger partial charge in [0, 0.05) is 23.6 Å². The van der Waals surface area contributed by atoms with Crippen LogP contribution in [-0.4, -0.2) is 28.1 Å². The molecule has 10 heteroatoms. The van der Waals surface area contributed by atoms with E-state index in [9.17, 15) is 27.2 Å². The van der Waals surface area contributed by atoms with Crippen molar-refractivity contribution < 1.29 is 27.2 Å². The van der Waals surface area contributed by atoms with Crippen LogP contribution in [0.1, 0.15) is 51.4 Å². The van der Waals surface area contributed by atoms with Gasteiger partial charge in [-0.3, -0.25) is 14.7 Å². The first-order valence-electron chi connectivity index (χ1n) is 10.8. The first-order valence-corrected chi connectivity index (χ1v) is 10.8. The molecule has 0 aliphatic rings. The Hall–Kier alpha value is -3.69. The number of amides is 2. The van der Waals surface area contributed by atoms with Gasteiger partial charge >= 0.3 is 0 Å². The lowest BCUT2D eigenvalue weighted by molar-refractivity contribution is -0.129. The van der Waals surface area contributed by atoms with Crippen LogP contribution in [-0.2, 0) is 20.4 Å². The zero-order valence-electron chi connectivity index (χ0n) is 19.9. The Labute approximate surface area is 200 Å². The molecule has 0 radical (unpaired) electrons. The fourth-order valence-corrected chi connectivity index (χ4v) is 3.50. The summed E-state index contributed by atoms with van der Waals surface area (Å²) in [5.74, 6) is -4.04. The molecular weight excluding hydrogens is 464 g/mol. The Balaban J connectivity index is 1.69. The highest BCUT2D eigenvalue weighted by Gasteiger charge is 2.33. The third-order valence-corrected chi connectivity index (χ3v) is 5.95. The van der Waals surface area contributed by atoms with E-state index in [0.717, 1.165) is 18.2 Å². The van der Waals surface area contributed by atoms with E-state index in [-0.39, 0.29) is 11.4 Å². The summed E-state index contributed by atoms with van der Waals surface area (Å²) in [7, 11) is 0. The van der Waals surface area contributed by atoms with E-state index in [1.54, 1.807) is 13.8 Å². The number of anilines is 1. The molecule has 0 saturated carbocycles. The topological polar surface area (TPSA) is 86.9 Å². The summed E-state index contributed by atoms with van der Waals surface area (Å²) in [6.07, 6.45) is 0. The van der Waals surface area contributed by atoms with Crippen LogP contribution >= 0.6 is 0 Å². The summed E-state index contributed by atoms with van der Waals surface area (Å²) in [5.41, 5.74) is -1.30. The van der Waals surface area contributed by atoms with E-state index in [0.29, 0.717) is 17.3 Å². The van der Waals surface area contributed by atoms with Gasteiger partial charge in [-0.05, 0) is 56.2 Å². The monoisotopic (exact) mass is 490 g/mol. The van der Waals surface area contributed by atoms with Crippen molar-refractivity contribution in [3.8, 4) is 0 Å². The van der Waals surface area contributed by atoms with Gasteiger partial charge in [0.25, 0.3) is 0 Å². The molecule has 186 valence electrons. The molecule has 0 fully saturated rings. The molecule has 3 rings (SSSR count). The average Bonchev–Trinajstić information content (AvgIpc) is 3.21. The summed E-state index contributed by atoms with van der Waals surface area (Å²) in [6.45, 7) is 7.87. The Morgan fingerprint density at radius 3 is 1.83 bits per heavy atom. The maximum absolute atomic E-state index is 13.7. The number of benzene rings is 2. The maximum Gasteiger partial charge on any atom is 0.247 e. The lowest BCUT2D eigenvalue weighted by Gasteiger charge is -2.26. The molecule has 0 saturated heterocycles. The highest BCUT2D eigenvalue weighted by molar-refractivity contribution is 5.98. The van der Waals surface area contributed by atoms with Crippen molar-refractivity contribution in [3.05, 3.63) is 82.6 Å². The van der Waals surface area contributed by atoms with Gasteiger partial charge in [0.05, 0.1) is 11.1 Å². The zero-order valence-corrected chi connectivity index (χ0v) is 19.9. The minimum absolute atomic E-state index is 0.120. The smallest absolute Gasteiger partial charge is 0.247 e. The molecule has 6 nitrogen and oxygen atoms in total. The second-order valence-electron chi connectivity index (χ2n) is 9.42. The molecule has 0 spiro atoms. The number of rotatable bonds is 7. The number of H-pyrrole nitrogens is 1. The number of carbonyl (C=O) groups is 2. The molecule has 2 aromatic carbocycles. The third-order valence-electron chi connectivity index (χ3n) is 5.95. The average molecular weight is 491 g/mol. The summed E-state index contributed by atoms with van der Waals surface area (Å²) in [5, 5.41) is 11.9. The van der Waals surface area contributed by atoms with Crippen LogP contribution in [0.4, 0.5) is 23.4 Å². The van der Waals surface area contributed by atoms with E-state index in [2.05, 4.69) is 20.8 Å². The van der Waals surface area contributed by atoms with Crippen LogP contribution in [0.5, 0.6) is 0 Å². The van der Waals surface area contributed by atoms with E-state index < -0.39 is 52.0 Å². The number of nitrogens with zero attached hydrogens (tertiary/aromatic N) is 1.